The highest BCUT2D eigenvalue weighted by Gasteiger charge is 2.25. The molecule has 1 fully saturated rings. The summed E-state index contributed by atoms with van der Waals surface area (Å²) in [7, 11) is 0. The number of carbonyl (C=O) groups is 2. The molecule has 0 bridgehead atoms. The summed E-state index contributed by atoms with van der Waals surface area (Å²) in [5.74, 6) is -0.104. The summed E-state index contributed by atoms with van der Waals surface area (Å²) in [6, 6.07) is 3.82. The maximum absolute atomic E-state index is 12.1. The molecule has 20 heavy (non-hydrogen) atoms. The lowest BCUT2D eigenvalue weighted by Crippen LogP contribution is -2.54. The average Bonchev–Trinajstić information content (AvgIpc) is 2.97. The van der Waals surface area contributed by atoms with Crippen molar-refractivity contribution in [3.63, 3.8) is 0 Å². The molecule has 2 heterocycles. The highest BCUT2D eigenvalue weighted by Crippen LogP contribution is 2.13. The minimum atomic E-state index is -0.303. The van der Waals surface area contributed by atoms with Gasteiger partial charge in [0.15, 0.2) is 0 Å². The van der Waals surface area contributed by atoms with Gasteiger partial charge in [0.2, 0.25) is 11.8 Å². The number of thiophene rings is 1. The van der Waals surface area contributed by atoms with Crippen LogP contribution in [0.1, 0.15) is 18.2 Å². The van der Waals surface area contributed by atoms with Gasteiger partial charge in [-0.05, 0) is 24.8 Å². The first-order valence-corrected chi connectivity index (χ1v) is 7.79. The molecule has 2 amide bonds. The van der Waals surface area contributed by atoms with Gasteiger partial charge >= 0.3 is 0 Å². The van der Waals surface area contributed by atoms with Crippen molar-refractivity contribution in [1.82, 2.24) is 9.80 Å². The summed E-state index contributed by atoms with van der Waals surface area (Å²) in [4.78, 5) is 28.4. The van der Waals surface area contributed by atoms with Gasteiger partial charge in [-0.25, -0.2) is 0 Å². The van der Waals surface area contributed by atoms with Crippen LogP contribution in [-0.2, 0) is 16.0 Å². The number of piperazine rings is 1. The Morgan fingerprint density at radius 1 is 1.35 bits per heavy atom. The van der Waals surface area contributed by atoms with Gasteiger partial charge in [0.25, 0.3) is 0 Å². The summed E-state index contributed by atoms with van der Waals surface area (Å²) in [6.07, 6.45) is 1.38. The SMILES string of the molecule is CC(C(N)=O)N1CCN(C(=O)CCc2cccs2)CC1. The van der Waals surface area contributed by atoms with Gasteiger partial charge in [0.1, 0.15) is 0 Å². The Morgan fingerprint density at radius 3 is 2.60 bits per heavy atom. The third-order valence-corrected chi connectivity index (χ3v) is 4.73. The van der Waals surface area contributed by atoms with Crippen LogP contribution < -0.4 is 5.73 Å². The molecule has 1 atom stereocenters. The summed E-state index contributed by atoms with van der Waals surface area (Å²) in [5.41, 5.74) is 5.30. The average molecular weight is 295 g/mol. The molecule has 2 rings (SSSR count). The Labute approximate surface area is 123 Å². The number of aryl methyl sites for hydroxylation is 1. The van der Waals surface area contributed by atoms with Gasteiger partial charge < -0.3 is 10.6 Å². The van der Waals surface area contributed by atoms with Crippen LogP contribution in [0.5, 0.6) is 0 Å². The van der Waals surface area contributed by atoms with Crippen LogP contribution in [0.2, 0.25) is 0 Å². The van der Waals surface area contributed by atoms with Crippen molar-refractivity contribution in [2.45, 2.75) is 25.8 Å². The molecule has 1 aromatic heterocycles. The number of carbonyl (C=O) groups excluding carboxylic acids is 2. The lowest BCUT2D eigenvalue weighted by Gasteiger charge is -2.37. The van der Waals surface area contributed by atoms with Crippen molar-refractivity contribution in [3.8, 4) is 0 Å². The van der Waals surface area contributed by atoms with Crippen LogP contribution in [0.3, 0.4) is 0 Å². The molecule has 5 nitrogen and oxygen atoms in total. The predicted octanol–water partition coefficient (Wildman–Crippen LogP) is 0.699. The fraction of sp³-hybridized carbons (Fsp3) is 0.571. The summed E-state index contributed by atoms with van der Waals surface area (Å²) in [6.45, 7) is 4.61. The molecule has 110 valence electrons. The Morgan fingerprint density at radius 2 is 2.05 bits per heavy atom. The Kier molecular flexibility index (Phi) is 5.14. The molecule has 1 aliphatic heterocycles. The van der Waals surface area contributed by atoms with E-state index in [0.717, 1.165) is 19.5 Å². The first-order chi connectivity index (χ1) is 9.58. The largest absolute Gasteiger partial charge is 0.368 e. The number of nitrogens with two attached hydrogens (primary N) is 1. The molecule has 1 saturated heterocycles. The van der Waals surface area contributed by atoms with Crippen LogP contribution in [0, 0.1) is 0 Å². The fourth-order valence-electron chi connectivity index (χ4n) is 2.38. The van der Waals surface area contributed by atoms with Crippen molar-refractivity contribution < 1.29 is 9.59 Å². The summed E-state index contributed by atoms with van der Waals surface area (Å²) >= 11 is 1.69. The number of rotatable bonds is 5. The maximum Gasteiger partial charge on any atom is 0.234 e. The van der Waals surface area contributed by atoms with Crippen LogP contribution in [-0.4, -0.2) is 53.8 Å². The zero-order chi connectivity index (χ0) is 14.5. The van der Waals surface area contributed by atoms with Crippen molar-refractivity contribution in [2.24, 2.45) is 5.73 Å². The van der Waals surface area contributed by atoms with Gasteiger partial charge in [-0.2, -0.15) is 0 Å². The van der Waals surface area contributed by atoms with Crippen molar-refractivity contribution in [1.29, 1.82) is 0 Å². The first-order valence-electron chi connectivity index (χ1n) is 6.91. The normalized spacial score (nSPS) is 17.9. The second-order valence-electron chi connectivity index (χ2n) is 5.07. The number of hydrogen-bond acceptors (Lipinski definition) is 4. The highest BCUT2D eigenvalue weighted by molar-refractivity contribution is 7.09. The second-order valence-corrected chi connectivity index (χ2v) is 6.11. The van der Waals surface area contributed by atoms with Crippen molar-refractivity contribution >= 4 is 23.2 Å². The van der Waals surface area contributed by atoms with Gasteiger partial charge in [-0.1, -0.05) is 6.07 Å². The number of nitrogens with zero attached hydrogens (tertiary/aromatic N) is 2. The number of primary amides is 1. The van der Waals surface area contributed by atoms with Gasteiger partial charge in [-0.3, -0.25) is 14.5 Å². The Hall–Kier alpha value is -1.40. The van der Waals surface area contributed by atoms with Crippen LogP contribution >= 0.6 is 11.3 Å². The van der Waals surface area contributed by atoms with E-state index in [-0.39, 0.29) is 17.9 Å². The van der Waals surface area contributed by atoms with Crippen molar-refractivity contribution in [2.75, 3.05) is 26.2 Å². The smallest absolute Gasteiger partial charge is 0.234 e. The lowest BCUT2D eigenvalue weighted by molar-refractivity contribution is -0.133. The number of hydrogen-bond donors (Lipinski definition) is 1. The standard InChI is InChI=1S/C14H21N3O2S/c1-11(14(15)19)16-6-8-17(9-7-16)13(18)5-4-12-3-2-10-20-12/h2-3,10-11H,4-9H2,1H3,(H2,15,19). The Bertz CT molecular complexity index is 453. The minimum Gasteiger partial charge on any atom is -0.368 e. The van der Waals surface area contributed by atoms with E-state index < -0.39 is 0 Å². The monoisotopic (exact) mass is 295 g/mol. The quantitative estimate of drug-likeness (QED) is 0.869. The molecule has 2 N–H and O–H groups in total. The molecular weight excluding hydrogens is 274 g/mol. The van der Waals surface area contributed by atoms with Gasteiger partial charge in [0, 0.05) is 37.5 Å². The molecule has 0 aliphatic carbocycles. The molecule has 6 heteroatoms. The van der Waals surface area contributed by atoms with E-state index in [1.54, 1.807) is 11.3 Å². The first kappa shape index (κ1) is 15.0. The molecule has 0 radical (unpaired) electrons. The zero-order valence-electron chi connectivity index (χ0n) is 11.7. The predicted molar refractivity (Wildman–Crippen MR) is 79.4 cm³/mol. The molecule has 0 saturated carbocycles. The van der Waals surface area contributed by atoms with Crippen LogP contribution in [0.4, 0.5) is 0 Å². The van der Waals surface area contributed by atoms with E-state index in [2.05, 4.69) is 6.07 Å². The van der Waals surface area contributed by atoms with E-state index in [9.17, 15) is 9.59 Å². The molecule has 1 aliphatic rings. The van der Waals surface area contributed by atoms with E-state index in [4.69, 9.17) is 5.73 Å². The van der Waals surface area contributed by atoms with Gasteiger partial charge in [0.05, 0.1) is 6.04 Å². The topological polar surface area (TPSA) is 66.6 Å². The highest BCUT2D eigenvalue weighted by atomic mass is 32.1. The Balaban J connectivity index is 1.75. The fourth-order valence-corrected chi connectivity index (χ4v) is 3.09. The lowest BCUT2D eigenvalue weighted by atomic mass is 10.2. The third kappa shape index (κ3) is 3.80. The van der Waals surface area contributed by atoms with Crippen LogP contribution in [0.25, 0.3) is 0 Å². The molecule has 1 aromatic rings. The molecule has 1 unspecified atom stereocenters. The maximum atomic E-state index is 12.1. The van der Waals surface area contributed by atoms with E-state index in [1.807, 2.05) is 28.2 Å². The van der Waals surface area contributed by atoms with E-state index in [1.165, 1.54) is 4.88 Å². The zero-order valence-corrected chi connectivity index (χ0v) is 12.6. The summed E-state index contributed by atoms with van der Waals surface area (Å²) < 4.78 is 0. The van der Waals surface area contributed by atoms with Crippen molar-refractivity contribution in [3.05, 3.63) is 22.4 Å². The second kappa shape index (κ2) is 6.85. The summed E-state index contributed by atoms with van der Waals surface area (Å²) in [5, 5.41) is 2.03. The molecular formula is C14H21N3O2S. The minimum absolute atomic E-state index is 0.199. The molecule has 0 spiro atoms. The third-order valence-electron chi connectivity index (χ3n) is 3.79. The van der Waals surface area contributed by atoms with Crippen LogP contribution in [0.15, 0.2) is 17.5 Å². The molecule has 0 aromatic carbocycles. The van der Waals surface area contributed by atoms with E-state index in [0.29, 0.717) is 19.5 Å². The van der Waals surface area contributed by atoms with E-state index >= 15 is 0 Å². The van der Waals surface area contributed by atoms with Gasteiger partial charge in [-0.15, -0.1) is 11.3 Å². The number of amides is 2.